The standard InChI is InChI=1S/C24H23Cl2N3O2S/c1-4-23-28-19-12-21(31-5-2)20(30-3)11-18(19)24(29-23)27-13-17-6-7-22(32-17)14-8-15(25)10-16(26)9-14/h6-12H,4-5,13H2,1-3H3,(H,27,28,29). The summed E-state index contributed by atoms with van der Waals surface area (Å²) in [4.78, 5) is 11.7. The van der Waals surface area contributed by atoms with E-state index in [-0.39, 0.29) is 0 Å². The van der Waals surface area contributed by atoms with E-state index in [4.69, 9.17) is 37.7 Å². The molecule has 0 bridgehead atoms. The van der Waals surface area contributed by atoms with Crippen LogP contribution in [0.2, 0.25) is 10.0 Å². The van der Waals surface area contributed by atoms with Crippen LogP contribution in [0.1, 0.15) is 24.5 Å². The molecule has 0 amide bonds. The van der Waals surface area contributed by atoms with Crippen LogP contribution in [0.15, 0.2) is 42.5 Å². The number of rotatable bonds is 8. The Labute approximate surface area is 201 Å². The van der Waals surface area contributed by atoms with Gasteiger partial charge in [-0.1, -0.05) is 30.1 Å². The van der Waals surface area contributed by atoms with Crippen LogP contribution in [0.5, 0.6) is 11.5 Å². The lowest BCUT2D eigenvalue weighted by Gasteiger charge is -2.14. The normalized spacial score (nSPS) is 11.0. The molecule has 2 aromatic carbocycles. The van der Waals surface area contributed by atoms with Crippen molar-refractivity contribution in [1.82, 2.24) is 9.97 Å². The number of benzene rings is 2. The minimum atomic E-state index is 0.553. The van der Waals surface area contributed by atoms with Crippen molar-refractivity contribution in [3.63, 3.8) is 0 Å². The first kappa shape index (κ1) is 22.6. The van der Waals surface area contributed by atoms with E-state index in [1.54, 1.807) is 24.5 Å². The molecule has 5 nitrogen and oxygen atoms in total. The van der Waals surface area contributed by atoms with Crippen LogP contribution in [-0.4, -0.2) is 23.7 Å². The SMILES string of the molecule is CCOc1cc2nc(CC)nc(NCc3ccc(-c4cc(Cl)cc(Cl)c4)s3)c2cc1OC. The number of nitrogens with zero attached hydrogens (tertiary/aromatic N) is 2. The molecule has 4 rings (SSSR count). The number of aromatic nitrogens is 2. The molecule has 4 aromatic rings. The first-order valence-electron chi connectivity index (χ1n) is 10.3. The average molecular weight is 488 g/mol. The lowest BCUT2D eigenvalue weighted by molar-refractivity contribution is 0.311. The molecule has 0 fully saturated rings. The third kappa shape index (κ3) is 4.93. The van der Waals surface area contributed by atoms with Crippen LogP contribution in [-0.2, 0) is 13.0 Å². The molecule has 0 unspecified atom stereocenters. The summed E-state index contributed by atoms with van der Waals surface area (Å²) >= 11 is 14.0. The zero-order valence-corrected chi connectivity index (χ0v) is 20.4. The van der Waals surface area contributed by atoms with Gasteiger partial charge < -0.3 is 14.8 Å². The van der Waals surface area contributed by atoms with Crippen molar-refractivity contribution in [1.29, 1.82) is 0 Å². The van der Waals surface area contributed by atoms with Gasteiger partial charge in [0.05, 0.1) is 25.8 Å². The highest BCUT2D eigenvalue weighted by molar-refractivity contribution is 7.15. The molecule has 2 heterocycles. The van der Waals surface area contributed by atoms with Crippen LogP contribution in [0, 0.1) is 0 Å². The second-order valence-corrected chi connectivity index (χ2v) is 9.11. The summed E-state index contributed by atoms with van der Waals surface area (Å²) in [5.41, 5.74) is 1.83. The summed E-state index contributed by atoms with van der Waals surface area (Å²) < 4.78 is 11.2. The molecule has 0 spiro atoms. The molecule has 0 radical (unpaired) electrons. The van der Waals surface area contributed by atoms with Gasteiger partial charge in [0.1, 0.15) is 11.6 Å². The van der Waals surface area contributed by atoms with Gasteiger partial charge in [-0.3, -0.25) is 0 Å². The third-order valence-electron chi connectivity index (χ3n) is 4.88. The van der Waals surface area contributed by atoms with Gasteiger partial charge in [-0.25, -0.2) is 9.97 Å². The van der Waals surface area contributed by atoms with Crippen molar-refractivity contribution < 1.29 is 9.47 Å². The van der Waals surface area contributed by atoms with Crippen LogP contribution in [0.3, 0.4) is 0 Å². The van der Waals surface area contributed by atoms with E-state index in [1.807, 2.05) is 38.1 Å². The number of fused-ring (bicyclic) bond motifs is 1. The summed E-state index contributed by atoms with van der Waals surface area (Å²) in [7, 11) is 1.63. The Kier molecular flexibility index (Phi) is 7.04. The number of nitrogens with one attached hydrogen (secondary N) is 1. The van der Waals surface area contributed by atoms with E-state index in [9.17, 15) is 0 Å². The predicted octanol–water partition coefficient (Wildman–Crippen LogP) is 7.25. The molecule has 0 saturated carbocycles. The molecule has 166 valence electrons. The van der Waals surface area contributed by atoms with E-state index >= 15 is 0 Å². The summed E-state index contributed by atoms with van der Waals surface area (Å²) in [6, 6.07) is 13.6. The Balaban J connectivity index is 1.63. The molecule has 1 N–H and O–H groups in total. The van der Waals surface area contributed by atoms with Gasteiger partial charge in [0, 0.05) is 37.7 Å². The Hall–Kier alpha value is -2.54. The average Bonchev–Trinajstić information content (AvgIpc) is 3.25. The first-order valence-corrected chi connectivity index (χ1v) is 11.9. The first-order chi connectivity index (χ1) is 15.5. The Morgan fingerprint density at radius 3 is 2.44 bits per heavy atom. The number of hydrogen-bond acceptors (Lipinski definition) is 6. The van der Waals surface area contributed by atoms with E-state index in [0.29, 0.717) is 34.7 Å². The fourth-order valence-electron chi connectivity index (χ4n) is 3.40. The summed E-state index contributed by atoms with van der Waals surface area (Å²) in [6.07, 6.45) is 0.735. The van der Waals surface area contributed by atoms with Crippen LogP contribution in [0.4, 0.5) is 5.82 Å². The maximum atomic E-state index is 6.16. The van der Waals surface area contributed by atoms with Crippen molar-refractivity contribution in [3.05, 3.63) is 63.2 Å². The lowest BCUT2D eigenvalue weighted by Crippen LogP contribution is -2.05. The van der Waals surface area contributed by atoms with Gasteiger partial charge in [0.15, 0.2) is 11.5 Å². The van der Waals surface area contributed by atoms with E-state index < -0.39 is 0 Å². The Morgan fingerprint density at radius 1 is 0.969 bits per heavy atom. The minimum Gasteiger partial charge on any atom is -0.493 e. The minimum absolute atomic E-state index is 0.553. The van der Waals surface area contributed by atoms with Crippen LogP contribution >= 0.6 is 34.5 Å². The number of aryl methyl sites for hydroxylation is 1. The number of halogens is 2. The zero-order chi connectivity index (χ0) is 22.7. The van der Waals surface area contributed by atoms with Gasteiger partial charge in [-0.05, 0) is 48.9 Å². The Morgan fingerprint density at radius 2 is 1.75 bits per heavy atom. The topological polar surface area (TPSA) is 56.3 Å². The zero-order valence-electron chi connectivity index (χ0n) is 18.0. The smallest absolute Gasteiger partial charge is 0.163 e. The number of ether oxygens (including phenoxy) is 2. The highest BCUT2D eigenvalue weighted by Gasteiger charge is 2.14. The second-order valence-electron chi connectivity index (χ2n) is 7.07. The second kappa shape index (κ2) is 9.94. The quantitative estimate of drug-likeness (QED) is 0.283. The summed E-state index contributed by atoms with van der Waals surface area (Å²) in [5.74, 6) is 2.88. The molecule has 8 heteroatoms. The van der Waals surface area contributed by atoms with Gasteiger partial charge >= 0.3 is 0 Å². The van der Waals surface area contributed by atoms with Crippen molar-refractivity contribution >= 4 is 51.3 Å². The summed E-state index contributed by atoms with van der Waals surface area (Å²) in [6.45, 7) is 5.17. The van der Waals surface area contributed by atoms with Gasteiger partial charge in [-0.15, -0.1) is 11.3 Å². The van der Waals surface area contributed by atoms with Crippen molar-refractivity contribution in [2.45, 2.75) is 26.8 Å². The van der Waals surface area contributed by atoms with Crippen LogP contribution < -0.4 is 14.8 Å². The number of methoxy groups -OCH3 is 1. The van der Waals surface area contributed by atoms with E-state index in [0.717, 1.165) is 39.4 Å². The number of anilines is 1. The van der Waals surface area contributed by atoms with Crippen LogP contribution in [0.25, 0.3) is 21.3 Å². The lowest BCUT2D eigenvalue weighted by atomic mass is 10.2. The molecule has 0 aliphatic rings. The van der Waals surface area contributed by atoms with Crippen molar-refractivity contribution in [2.75, 3.05) is 19.0 Å². The molecular weight excluding hydrogens is 465 g/mol. The maximum absolute atomic E-state index is 6.16. The predicted molar refractivity (Wildman–Crippen MR) is 134 cm³/mol. The van der Waals surface area contributed by atoms with Gasteiger partial charge in [0.25, 0.3) is 0 Å². The van der Waals surface area contributed by atoms with E-state index in [2.05, 4.69) is 22.4 Å². The molecular formula is C24H23Cl2N3O2S. The maximum Gasteiger partial charge on any atom is 0.163 e. The van der Waals surface area contributed by atoms with Gasteiger partial charge in [0.2, 0.25) is 0 Å². The highest BCUT2D eigenvalue weighted by Crippen LogP contribution is 2.36. The Bertz CT molecular complexity index is 1240. The third-order valence-corrected chi connectivity index (χ3v) is 6.45. The molecule has 32 heavy (non-hydrogen) atoms. The van der Waals surface area contributed by atoms with Crippen molar-refractivity contribution in [3.8, 4) is 21.9 Å². The number of thiophene rings is 1. The molecule has 0 aliphatic carbocycles. The fraction of sp³-hybridized carbons (Fsp3) is 0.250. The highest BCUT2D eigenvalue weighted by atomic mass is 35.5. The molecule has 0 atom stereocenters. The molecule has 2 aromatic heterocycles. The van der Waals surface area contributed by atoms with Gasteiger partial charge in [-0.2, -0.15) is 0 Å². The number of hydrogen-bond donors (Lipinski definition) is 1. The van der Waals surface area contributed by atoms with Crippen molar-refractivity contribution in [2.24, 2.45) is 0 Å². The molecule has 0 saturated heterocycles. The van der Waals surface area contributed by atoms with E-state index in [1.165, 1.54) is 4.88 Å². The fourth-order valence-corrected chi connectivity index (χ4v) is 4.86. The summed E-state index contributed by atoms with van der Waals surface area (Å²) in [5, 5.41) is 5.62. The largest absolute Gasteiger partial charge is 0.493 e. The monoisotopic (exact) mass is 487 g/mol. The molecule has 0 aliphatic heterocycles.